The second kappa shape index (κ2) is 16.6. The van der Waals surface area contributed by atoms with Crippen LogP contribution in [0.15, 0.2) is 0 Å². The van der Waals surface area contributed by atoms with Crippen LogP contribution in [0.25, 0.3) is 0 Å². The number of methoxy groups -OCH3 is 1. The van der Waals surface area contributed by atoms with Gasteiger partial charge in [-0.2, -0.15) is 0 Å². The maximum Gasteiger partial charge on any atom is 0.253 e. The second-order valence-electron chi connectivity index (χ2n) is 0.577. The molecule has 0 heterocycles. The molecule has 0 aromatic heterocycles. The summed E-state index contributed by atoms with van der Waals surface area (Å²) >= 11 is 1.17. The molecule has 4 heteroatoms. The van der Waals surface area contributed by atoms with E-state index in [4.69, 9.17) is 0 Å². The van der Waals surface area contributed by atoms with E-state index < -0.39 is 0 Å². The molecule has 40 valence electrons. The molecule has 0 radical (unpaired) electrons. The Morgan fingerprint density at radius 3 is 1.67 bits per heavy atom. The Kier molecular flexibility index (Phi) is 43.4. The van der Waals surface area contributed by atoms with Crippen molar-refractivity contribution in [1.82, 2.24) is 0 Å². The summed E-state index contributed by atoms with van der Waals surface area (Å²) in [5.41, 5.74) is 0.958. The minimum atomic E-state index is 0. The molecule has 0 aliphatic carbocycles. The second-order valence-corrected chi connectivity index (χ2v) is 1.15. The molecule has 6 heavy (non-hydrogen) atoms. The minimum Gasteiger partial charge on any atom is -0.400 e. The smallest absolute Gasteiger partial charge is 0.253 e. The third kappa shape index (κ3) is 19.6. The number of rotatable bonds is 1. The maximum atomic E-state index is 4.60. The average Bonchev–Trinajstić information content (AvgIpc) is 1.37. The van der Waals surface area contributed by atoms with Crippen LogP contribution in [0.1, 0.15) is 0 Å². The SMILES string of the molecule is CO[CH2][AlH2].Cl.Cl. The highest BCUT2D eigenvalue weighted by molar-refractivity contribution is 6.08. The summed E-state index contributed by atoms with van der Waals surface area (Å²) < 4.78 is 4.60. The summed E-state index contributed by atoms with van der Waals surface area (Å²) in [5, 5.41) is 0. The van der Waals surface area contributed by atoms with E-state index >= 15 is 0 Å². The molecule has 0 aromatic rings. The van der Waals surface area contributed by atoms with Crippen LogP contribution in [0.4, 0.5) is 0 Å². The predicted molar refractivity (Wildman–Crippen MR) is 34.9 cm³/mol. The van der Waals surface area contributed by atoms with Crippen molar-refractivity contribution in [3.8, 4) is 0 Å². The van der Waals surface area contributed by atoms with Gasteiger partial charge in [-0.25, -0.2) is 0 Å². The van der Waals surface area contributed by atoms with E-state index in [1.165, 1.54) is 16.3 Å². The van der Waals surface area contributed by atoms with E-state index in [2.05, 4.69) is 4.74 Å². The van der Waals surface area contributed by atoms with Crippen LogP contribution in [0.2, 0.25) is 0 Å². The van der Waals surface area contributed by atoms with Crippen LogP contribution in [0, 0.1) is 0 Å². The van der Waals surface area contributed by atoms with Gasteiger partial charge in [0.05, 0.1) is 0 Å². The number of hydrogen-bond acceptors (Lipinski definition) is 1. The normalized spacial score (nSPS) is 4.83. The van der Waals surface area contributed by atoms with Crippen molar-refractivity contribution in [2.24, 2.45) is 0 Å². The Bertz CT molecular complexity index is 13.5. The van der Waals surface area contributed by atoms with Crippen LogP contribution in [0.3, 0.4) is 0 Å². The summed E-state index contributed by atoms with van der Waals surface area (Å²) in [6, 6.07) is 0. The van der Waals surface area contributed by atoms with Gasteiger partial charge in [0.1, 0.15) is 0 Å². The van der Waals surface area contributed by atoms with Gasteiger partial charge < -0.3 is 4.74 Å². The fourth-order valence-electron chi connectivity index (χ4n) is 0. The first-order chi connectivity index (χ1) is 1.91. The molecule has 0 aliphatic rings. The average molecular weight is 147 g/mol. The molecule has 0 saturated heterocycles. The largest absolute Gasteiger partial charge is 0.400 e. The molecule has 0 saturated carbocycles. The number of halogens is 2. The van der Waals surface area contributed by atoms with Crippen LogP contribution in [0.5, 0.6) is 0 Å². The lowest BCUT2D eigenvalue weighted by atomic mass is 11.5. The van der Waals surface area contributed by atoms with Gasteiger partial charge in [-0.15, -0.1) is 24.8 Å². The Balaban J connectivity index is -0.0000000450. The summed E-state index contributed by atoms with van der Waals surface area (Å²) in [6.45, 7) is 0. The summed E-state index contributed by atoms with van der Waals surface area (Å²) in [6.07, 6.45) is 0. The maximum absolute atomic E-state index is 4.60. The van der Waals surface area contributed by atoms with Gasteiger partial charge in [-0.1, -0.05) is 0 Å². The van der Waals surface area contributed by atoms with Crippen LogP contribution < -0.4 is 0 Å². The highest BCUT2D eigenvalue weighted by atomic mass is 35.5. The molecule has 0 bridgehead atoms. The lowest BCUT2D eigenvalue weighted by Gasteiger charge is -1.76. The van der Waals surface area contributed by atoms with E-state index in [9.17, 15) is 0 Å². The van der Waals surface area contributed by atoms with Gasteiger partial charge in [0.15, 0.2) is 0 Å². The standard InChI is InChI=1S/C2H5O.Al.2ClH.2H/c1-3-2;;;;;/h1H2,2H3;;2*1H;;. The van der Waals surface area contributed by atoms with Crippen LogP contribution in [-0.2, 0) is 4.74 Å². The Morgan fingerprint density at radius 1 is 1.50 bits per heavy atom. The highest BCUT2D eigenvalue weighted by Crippen LogP contribution is 1.45. The third-order valence-corrected chi connectivity index (χ3v) is 0.866. The van der Waals surface area contributed by atoms with E-state index in [0.29, 0.717) is 0 Å². The quantitative estimate of drug-likeness (QED) is 0.476. The van der Waals surface area contributed by atoms with Gasteiger partial charge in [0.25, 0.3) is 16.3 Å². The van der Waals surface area contributed by atoms with Crippen molar-refractivity contribution in [1.29, 1.82) is 0 Å². The molecule has 0 N–H and O–H groups in total. The zero-order chi connectivity index (χ0) is 3.41. The van der Waals surface area contributed by atoms with E-state index in [1.54, 1.807) is 7.11 Å². The monoisotopic (exact) mass is 146 g/mol. The molecule has 0 fully saturated rings. The first kappa shape index (κ1) is 15.7. The summed E-state index contributed by atoms with van der Waals surface area (Å²) in [4.78, 5) is 0. The lowest BCUT2D eigenvalue weighted by molar-refractivity contribution is 0.254. The zero-order valence-corrected chi connectivity index (χ0v) is 7.56. The van der Waals surface area contributed by atoms with E-state index in [-0.39, 0.29) is 24.8 Å². The van der Waals surface area contributed by atoms with Gasteiger partial charge in [-0.05, 0) is 5.47 Å². The summed E-state index contributed by atoms with van der Waals surface area (Å²) in [5.74, 6) is 0. The number of ether oxygens (including phenoxy) is 1. The van der Waals surface area contributed by atoms with E-state index in [1.807, 2.05) is 0 Å². The van der Waals surface area contributed by atoms with Crippen molar-refractivity contribution in [2.45, 2.75) is 0 Å². The third-order valence-electron chi connectivity index (χ3n) is 0.289. The lowest BCUT2D eigenvalue weighted by Crippen LogP contribution is -1.80. The fraction of sp³-hybridized carbons (Fsp3) is 1.00. The van der Waals surface area contributed by atoms with Crippen LogP contribution in [-0.4, -0.2) is 28.9 Å². The molecule has 0 aliphatic heterocycles. The van der Waals surface area contributed by atoms with Gasteiger partial charge in [-0.3, -0.25) is 0 Å². The van der Waals surface area contributed by atoms with Crippen molar-refractivity contribution >= 4 is 41.1 Å². The minimum absolute atomic E-state index is 0. The van der Waals surface area contributed by atoms with Crippen molar-refractivity contribution in [3.63, 3.8) is 0 Å². The molecule has 1 nitrogen and oxygen atoms in total. The highest BCUT2D eigenvalue weighted by Gasteiger charge is 1.54. The molecule has 0 aromatic carbocycles. The molecule has 0 atom stereocenters. The summed E-state index contributed by atoms with van der Waals surface area (Å²) in [7, 11) is 1.72. The first-order valence-corrected chi connectivity index (χ1v) is 2.82. The molecule has 0 spiro atoms. The Labute approximate surface area is 58.7 Å². The van der Waals surface area contributed by atoms with Gasteiger partial charge in [0, 0.05) is 7.11 Å². The molecule has 0 rings (SSSR count). The predicted octanol–water partition coefficient (Wildman–Crippen LogP) is 0.0670. The topological polar surface area (TPSA) is 9.23 Å². The Morgan fingerprint density at radius 2 is 1.67 bits per heavy atom. The Hall–Kier alpha value is 1.07. The van der Waals surface area contributed by atoms with Crippen molar-refractivity contribution in [3.05, 3.63) is 0 Å². The molecule has 0 amide bonds. The van der Waals surface area contributed by atoms with E-state index in [0.717, 1.165) is 5.47 Å². The first-order valence-electron chi connectivity index (χ1n) is 1.40. The van der Waals surface area contributed by atoms with Crippen molar-refractivity contribution < 1.29 is 4.74 Å². The zero-order valence-electron chi connectivity index (χ0n) is 3.93. The van der Waals surface area contributed by atoms with Crippen molar-refractivity contribution in [2.75, 3.05) is 12.6 Å². The van der Waals surface area contributed by atoms with Gasteiger partial charge >= 0.3 is 0 Å². The van der Waals surface area contributed by atoms with Gasteiger partial charge in [0.2, 0.25) is 0 Å². The molecular weight excluding hydrogens is 138 g/mol. The number of hydrogen-bond donors (Lipinski definition) is 0. The molecular formula is C2H9AlCl2O. The fourth-order valence-corrected chi connectivity index (χ4v) is 0. The molecule has 0 unspecified atom stereocenters. The van der Waals surface area contributed by atoms with Crippen LogP contribution >= 0.6 is 24.8 Å².